The monoisotopic (exact) mass is 391 g/mol. The van der Waals surface area contributed by atoms with Crippen molar-refractivity contribution in [3.8, 4) is 0 Å². The quantitative estimate of drug-likeness (QED) is 0.602. The Morgan fingerprint density at radius 2 is 1.74 bits per heavy atom. The molecule has 0 saturated heterocycles. The zero-order valence-corrected chi connectivity index (χ0v) is 16.6. The molecule has 0 saturated carbocycles. The first-order valence-corrected chi connectivity index (χ1v) is 8.84. The van der Waals surface area contributed by atoms with E-state index in [4.69, 9.17) is 16.3 Å². The van der Waals surface area contributed by atoms with Gasteiger partial charge in [-0.15, -0.1) is 0 Å². The topological polar surface area (TPSA) is 90.3 Å². The van der Waals surface area contributed by atoms with Crippen LogP contribution >= 0.6 is 11.6 Å². The summed E-state index contributed by atoms with van der Waals surface area (Å²) in [5, 5.41) is 6.95. The summed E-state index contributed by atoms with van der Waals surface area (Å²) in [4.78, 5) is 36.5. The van der Waals surface area contributed by atoms with E-state index in [1.54, 1.807) is 52.1 Å². The summed E-state index contributed by atoms with van der Waals surface area (Å²) >= 11 is 6.05. The average molecular weight is 392 g/mol. The number of carbonyl (C=O) groups is 3. The van der Waals surface area contributed by atoms with Crippen LogP contribution in [-0.2, 0) is 16.6 Å². The van der Waals surface area contributed by atoms with Crippen LogP contribution in [0.15, 0.2) is 24.3 Å². The molecular formula is C19H22ClN3O4. The maximum Gasteiger partial charge on any atom is 0.343 e. The van der Waals surface area contributed by atoms with Crippen LogP contribution in [0.2, 0.25) is 5.15 Å². The highest BCUT2D eigenvalue weighted by atomic mass is 35.5. The van der Waals surface area contributed by atoms with E-state index in [0.717, 1.165) is 0 Å². The van der Waals surface area contributed by atoms with Crippen LogP contribution in [0.4, 0.5) is 5.69 Å². The van der Waals surface area contributed by atoms with Gasteiger partial charge in [-0.05, 0) is 38.1 Å². The van der Waals surface area contributed by atoms with Crippen molar-refractivity contribution in [1.82, 2.24) is 9.78 Å². The molecule has 1 N–H and O–H groups in total. The lowest BCUT2D eigenvalue weighted by molar-refractivity contribution is -0.118. The van der Waals surface area contributed by atoms with Gasteiger partial charge in [0.05, 0.1) is 5.69 Å². The molecule has 1 heterocycles. The Morgan fingerprint density at radius 3 is 2.22 bits per heavy atom. The van der Waals surface area contributed by atoms with E-state index < -0.39 is 12.1 Å². The summed E-state index contributed by atoms with van der Waals surface area (Å²) in [6.45, 7) is 6.71. The number of carbonyl (C=O) groups excluding carboxylic acids is 3. The molecule has 1 unspecified atom stereocenters. The molecular weight excluding hydrogens is 370 g/mol. The minimum absolute atomic E-state index is 0.111. The molecule has 0 bridgehead atoms. The van der Waals surface area contributed by atoms with E-state index >= 15 is 0 Å². The van der Waals surface area contributed by atoms with Crippen LogP contribution in [0.5, 0.6) is 0 Å². The molecule has 2 aromatic rings. The smallest absolute Gasteiger partial charge is 0.343 e. The molecule has 27 heavy (non-hydrogen) atoms. The van der Waals surface area contributed by atoms with E-state index in [1.807, 2.05) is 0 Å². The first-order valence-electron chi connectivity index (χ1n) is 8.47. The number of nitrogens with one attached hydrogen (secondary N) is 1. The van der Waals surface area contributed by atoms with Crippen molar-refractivity contribution in [3.63, 3.8) is 0 Å². The Balaban J connectivity index is 2.06. The zero-order valence-electron chi connectivity index (χ0n) is 15.9. The lowest BCUT2D eigenvalue weighted by Gasteiger charge is -2.13. The van der Waals surface area contributed by atoms with Gasteiger partial charge < -0.3 is 10.1 Å². The normalized spacial score (nSPS) is 12.0. The van der Waals surface area contributed by atoms with Crippen LogP contribution in [0.25, 0.3) is 0 Å². The SMILES string of the molecule is Cc1nn(C)c(Cl)c1C(=O)OC(C)C(=O)c1ccc(NC(=O)C(C)C)cc1. The van der Waals surface area contributed by atoms with E-state index in [9.17, 15) is 14.4 Å². The van der Waals surface area contributed by atoms with Crippen molar-refractivity contribution in [3.05, 3.63) is 46.2 Å². The minimum Gasteiger partial charge on any atom is -0.451 e. The molecule has 0 fully saturated rings. The summed E-state index contributed by atoms with van der Waals surface area (Å²) in [5.41, 5.74) is 1.53. The molecule has 0 aliphatic carbocycles. The molecule has 0 radical (unpaired) electrons. The van der Waals surface area contributed by atoms with Gasteiger partial charge in [0.2, 0.25) is 11.7 Å². The molecule has 7 nitrogen and oxygen atoms in total. The van der Waals surface area contributed by atoms with Gasteiger partial charge in [-0.3, -0.25) is 14.3 Å². The average Bonchev–Trinajstić information content (AvgIpc) is 2.86. The second-order valence-corrected chi connectivity index (χ2v) is 6.87. The molecule has 0 aliphatic rings. The van der Waals surface area contributed by atoms with Gasteiger partial charge in [-0.25, -0.2) is 4.79 Å². The number of nitrogens with zero attached hydrogens (tertiary/aromatic N) is 2. The molecule has 1 atom stereocenters. The molecule has 0 spiro atoms. The lowest BCUT2D eigenvalue weighted by Crippen LogP contribution is -2.25. The predicted molar refractivity (Wildman–Crippen MR) is 102 cm³/mol. The Kier molecular flexibility index (Phi) is 6.38. The number of aromatic nitrogens is 2. The van der Waals surface area contributed by atoms with Gasteiger partial charge in [-0.2, -0.15) is 5.10 Å². The summed E-state index contributed by atoms with van der Waals surface area (Å²) in [5.74, 6) is -1.32. The number of hydrogen-bond donors (Lipinski definition) is 1. The summed E-state index contributed by atoms with van der Waals surface area (Å²) in [6, 6.07) is 6.41. The highest BCUT2D eigenvalue weighted by Crippen LogP contribution is 2.21. The fourth-order valence-corrected chi connectivity index (χ4v) is 2.63. The Morgan fingerprint density at radius 1 is 1.15 bits per heavy atom. The Hall–Kier alpha value is -2.67. The first-order chi connectivity index (χ1) is 12.6. The van der Waals surface area contributed by atoms with E-state index in [0.29, 0.717) is 16.9 Å². The van der Waals surface area contributed by atoms with E-state index in [2.05, 4.69) is 10.4 Å². The summed E-state index contributed by atoms with van der Waals surface area (Å²) < 4.78 is 6.62. The largest absolute Gasteiger partial charge is 0.451 e. The van der Waals surface area contributed by atoms with Crippen molar-refractivity contribution in [2.45, 2.75) is 33.8 Å². The number of hydrogen-bond acceptors (Lipinski definition) is 5. The Bertz CT molecular complexity index is 872. The van der Waals surface area contributed by atoms with Gasteiger partial charge >= 0.3 is 5.97 Å². The van der Waals surface area contributed by atoms with Crippen molar-refractivity contribution in [1.29, 1.82) is 0 Å². The number of esters is 1. The number of halogens is 1. The van der Waals surface area contributed by atoms with Gasteiger partial charge in [0.25, 0.3) is 0 Å². The summed E-state index contributed by atoms with van der Waals surface area (Å²) in [7, 11) is 1.61. The standard InChI is InChI=1S/C19H22ClN3O4/c1-10(2)18(25)21-14-8-6-13(7-9-14)16(24)12(4)27-19(26)15-11(3)22-23(5)17(15)20/h6-10,12H,1-5H3,(H,21,25). The molecule has 1 amide bonds. The number of rotatable bonds is 6. The number of Topliss-reactive ketones (excluding diaryl/α,β-unsaturated/α-hetero) is 1. The van der Waals surface area contributed by atoms with Crippen LogP contribution in [0, 0.1) is 12.8 Å². The molecule has 1 aromatic heterocycles. The second kappa shape index (κ2) is 8.35. The van der Waals surface area contributed by atoms with Crippen LogP contribution < -0.4 is 5.32 Å². The molecule has 2 rings (SSSR count). The fourth-order valence-electron chi connectivity index (χ4n) is 2.37. The van der Waals surface area contributed by atoms with Gasteiger partial charge in [-0.1, -0.05) is 25.4 Å². The molecule has 1 aromatic carbocycles. The number of benzene rings is 1. The lowest BCUT2D eigenvalue weighted by atomic mass is 10.1. The maximum absolute atomic E-state index is 12.5. The second-order valence-electron chi connectivity index (χ2n) is 6.51. The number of anilines is 1. The van der Waals surface area contributed by atoms with Crippen LogP contribution in [0.1, 0.15) is 47.2 Å². The molecule has 144 valence electrons. The zero-order chi connectivity index (χ0) is 20.3. The maximum atomic E-state index is 12.5. The van der Waals surface area contributed by atoms with Gasteiger partial charge in [0.15, 0.2) is 6.10 Å². The number of aryl methyl sites for hydroxylation is 2. The molecule has 0 aliphatic heterocycles. The summed E-state index contributed by atoms with van der Waals surface area (Å²) in [6.07, 6.45) is -0.996. The van der Waals surface area contributed by atoms with Crippen molar-refractivity contribution >= 4 is 34.9 Å². The van der Waals surface area contributed by atoms with Crippen LogP contribution in [-0.4, -0.2) is 33.5 Å². The molecule has 8 heteroatoms. The fraction of sp³-hybridized carbons (Fsp3) is 0.368. The predicted octanol–water partition coefficient (Wildman–Crippen LogP) is 3.40. The van der Waals surface area contributed by atoms with Crippen molar-refractivity contribution in [2.75, 3.05) is 5.32 Å². The van der Waals surface area contributed by atoms with Gasteiger partial charge in [0, 0.05) is 24.2 Å². The highest BCUT2D eigenvalue weighted by Gasteiger charge is 2.25. The first kappa shape index (κ1) is 20.6. The number of ketones is 1. The third kappa shape index (κ3) is 4.74. The van der Waals surface area contributed by atoms with E-state index in [1.165, 1.54) is 11.6 Å². The van der Waals surface area contributed by atoms with Crippen molar-refractivity contribution < 1.29 is 19.1 Å². The highest BCUT2D eigenvalue weighted by molar-refractivity contribution is 6.32. The number of amides is 1. The third-order valence-electron chi connectivity index (χ3n) is 3.97. The van der Waals surface area contributed by atoms with Crippen LogP contribution in [0.3, 0.4) is 0 Å². The number of ether oxygens (including phenoxy) is 1. The Labute approximate surface area is 162 Å². The minimum atomic E-state index is -0.996. The van der Waals surface area contributed by atoms with Gasteiger partial charge in [0.1, 0.15) is 10.7 Å². The third-order valence-corrected chi connectivity index (χ3v) is 4.40. The van der Waals surface area contributed by atoms with Crippen molar-refractivity contribution in [2.24, 2.45) is 13.0 Å². The van der Waals surface area contributed by atoms with E-state index in [-0.39, 0.29) is 28.3 Å².